The Morgan fingerprint density at radius 3 is 0.850 bits per heavy atom. The van der Waals surface area contributed by atoms with Crippen molar-refractivity contribution in [1.82, 2.24) is 18.6 Å². The molecule has 5 heterocycles. The highest BCUT2D eigenvalue weighted by atomic mass is 16.2. The van der Waals surface area contributed by atoms with Crippen molar-refractivity contribution in [3.8, 4) is 17.5 Å². The van der Waals surface area contributed by atoms with Crippen molar-refractivity contribution in [2.45, 2.75) is 252 Å². The number of carbonyl (C=O) groups excluding carboxylic acids is 4. The number of fused-ring (bicyclic) bond motifs is 6. The molecule has 13 aromatic carbocycles. The van der Waals surface area contributed by atoms with E-state index in [9.17, 15) is 19.2 Å². The van der Waals surface area contributed by atoms with Gasteiger partial charge in [0, 0.05) is 94.6 Å². The summed E-state index contributed by atoms with van der Waals surface area (Å²) in [6.45, 7) is 13.0. The minimum Gasteiger partial charge on any atom is -0.271 e. The number of nitrogens with zero attached hydrogens (tertiary/aromatic N) is 5. The quantitative estimate of drug-likeness (QED) is 0.0121. The third-order valence-electron chi connectivity index (χ3n) is 27.2. The largest absolute Gasteiger partial charge is 0.271 e. The van der Waals surface area contributed by atoms with Crippen LogP contribution in [0.25, 0.3) is 135 Å². The van der Waals surface area contributed by atoms with E-state index in [2.05, 4.69) is 53.4 Å². The number of hydrogen-bond donors (Lipinski definition) is 0. The molecule has 15 heteroatoms. The van der Waals surface area contributed by atoms with Crippen molar-refractivity contribution in [3.63, 3.8) is 0 Å². The van der Waals surface area contributed by atoms with Crippen LogP contribution in [0.3, 0.4) is 0 Å². The Kier molecular flexibility index (Phi) is 21.7. The summed E-state index contributed by atoms with van der Waals surface area (Å²) in [4.78, 5) is 157. The second kappa shape index (κ2) is 32.8. The van der Waals surface area contributed by atoms with Crippen molar-refractivity contribution in [3.05, 3.63) is 229 Å². The zero-order valence-electron chi connectivity index (χ0n) is 70.0. The maximum absolute atomic E-state index is 16.0. The third-order valence-corrected chi connectivity index (χ3v) is 27.2. The van der Waals surface area contributed by atoms with Crippen molar-refractivity contribution in [2.75, 3.05) is 4.90 Å². The van der Waals surface area contributed by atoms with E-state index in [-0.39, 0.29) is 68.3 Å². The summed E-state index contributed by atoms with van der Waals surface area (Å²) < 4.78 is 4.15. The molecule has 0 bridgehead atoms. The molecule has 4 amide bonds. The Morgan fingerprint density at radius 2 is 0.508 bits per heavy atom. The number of rotatable bonds is 35. The molecular weight excluding hydrogens is 1490 g/mol. The minimum atomic E-state index is -0.618. The number of pyridine rings is 2. The second-order valence-corrected chi connectivity index (χ2v) is 34.6. The number of amides is 4. The van der Waals surface area contributed by atoms with E-state index in [1.54, 1.807) is 77.7 Å². The van der Waals surface area contributed by atoms with Crippen LogP contribution in [0.15, 0.2) is 162 Å². The number of benzene rings is 13. The van der Waals surface area contributed by atoms with E-state index in [1.807, 2.05) is 60.7 Å². The molecule has 608 valence electrons. The standard InChI is InChI=1S/C105H103N5O10/c1-7-13-19-25-31-63(32-26-20-14-8-2)106-96(111)74-53-47-68-70-49-55-76-87-77(56-50-71(85(70)87)69-48-54-75(97(106)112)86(74)84(68)69)99(114)109(98(76)113)66-43-39-61(40-44-66)37-38-62-41-45-67(46-42-62)110-104(119)94-80-59-82-88-78(100(115)107(102(82)117)64(33-27-21-15-9-3)34-28-22-16-10-4)57-51-72-73-52-58-79-89-83(60-81(95(94)105(110)120)93(91(73)89)92(80)90(72)88)103(118)108(101(79)116)65(35-29-23-17-11-5)36-30-24-18-12-6/h39-60,63-65H,7-36H2,1-6H3. The lowest BCUT2D eigenvalue weighted by atomic mass is 9.81. The maximum Gasteiger partial charge on any atom is 0.266 e. The van der Waals surface area contributed by atoms with Gasteiger partial charge in [0.05, 0.1) is 22.1 Å². The van der Waals surface area contributed by atoms with Crippen molar-refractivity contribution in [2.24, 2.45) is 0 Å². The molecule has 0 aliphatic carbocycles. The molecule has 0 spiro atoms. The van der Waals surface area contributed by atoms with E-state index in [4.69, 9.17) is 0 Å². The van der Waals surface area contributed by atoms with Crippen molar-refractivity contribution in [1.29, 1.82) is 0 Å². The number of anilines is 1. The first-order chi connectivity index (χ1) is 58.6. The second-order valence-electron chi connectivity index (χ2n) is 34.6. The fourth-order valence-electron chi connectivity index (χ4n) is 21.3. The predicted molar refractivity (Wildman–Crippen MR) is 491 cm³/mol. The fraction of sp³-hybridized carbons (Fsp3) is 0.371. The topological polar surface area (TPSA) is 192 Å². The summed E-state index contributed by atoms with van der Waals surface area (Å²) >= 11 is 0. The number of unbranched alkanes of at least 4 members (excludes halogenated alkanes) is 18. The lowest BCUT2D eigenvalue weighted by molar-refractivity contribution is 0.0516. The molecule has 0 saturated carbocycles. The average Bonchev–Trinajstić information content (AvgIpc) is 1.23. The number of imide groups is 2. The number of hydrogen-bond acceptors (Lipinski definition) is 10. The van der Waals surface area contributed by atoms with Crippen LogP contribution in [0.2, 0.25) is 0 Å². The van der Waals surface area contributed by atoms with Gasteiger partial charge in [-0.3, -0.25) is 62.0 Å². The highest BCUT2D eigenvalue weighted by Gasteiger charge is 2.41. The molecular formula is C105H103N5O10. The SMILES string of the molecule is CCCCCCC(CCCCCC)N1C(=O)c2ccc3c4ccc5c6c(ccc(c7ccc(c2c37)C1=O)c64)C(=O)N(c1ccc(C#Cc2ccc(-n3c(=O)c4c6cc7c(=O)n(C(CCCCCC)CCCCCC)c(=O)c8ccc9c%10ccc%11c(=O)n(C(CCCCCC)CCCCCC)c(=O)c%12cc(c4c3=O)c(c%10c%11%12)c6c9c87)cc2)cc1)C5=O. The molecule has 16 aromatic rings. The van der Waals surface area contributed by atoms with Gasteiger partial charge in [0.25, 0.3) is 57.0 Å². The van der Waals surface area contributed by atoms with Crippen LogP contribution in [0, 0.1) is 11.8 Å². The minimum absolute atomic E-state index is 0.0874. The van der Waals surface area contributed by atoms with Gasteiger partial charge >= 0.3 is 0 Å². The van der Waals surface area contributed by atoms with E-state index >= 15 is 28.8 Å². The Bertz CT molecular complexity index is 6840. The Balaban J connectivity index is 0.704. The Hall–Kier alpha value is -11.8. The third kappa shape index (κ3) is 12.8. The lowest BCUT2D eigenvalue weighted by Gasteiger charge is -2.35. The van der Waals surface area contributed by atoms with Crippen LogP contribution in [0.5, 0.6) is 0 Å². The average molecular weight is 1600 g/mol. The summed E-state index contributed by atoms with van der Waals surface area (Å²) in [5.41, 5.74) is 0.713. The van der Waals surface area contributed by atoms with Crippen LogP contribution in [0.1, 0.15) is 299 Å². The lowest BCUT2D eigenvalue weighted by Crippen LogP contribution is -2.47. The van der Waals surface area contributed by atoms with E-state index in [0.717, 1.165) is 204 Å². The molecule has 3 aromatic heterocycles. The summed E-state index contributed by atoms with van der Waals surface area (Å²) in [5, 5.41) is 13.1. The molecule has 0 atom stereocenters. The molecule has 0 fully saturated rings. The van der Waals surface area contributed by atoms with Crippen LogP contribution in [-0.2, 0) is 0 Å². The smallest absolute Gasteiger partial charge is 0.266 e. The van der Waals surface area contributed by atoms with Gasteiger partial charge in [-0.05, 0) is 211 Å². The van der Waals surface area contributed by atoms with Gasteiger partial charge in [0.1, 0.15) is 0 Å². The molecule has 2 aliphatic rings. The van der Waals surface area contributed by atoms with E-state index < -0.39 is 34.1 Å². The Labute approximate surface area is 696 Å². The first-order valence-electron chi connectivity index (χ1n) is 45.0. The first kappa shape index (κ1) is 79.4. The zero-order valence-corrected chi connectivity index (χ0v) is 70.0. The van der Waals surface area contributed by atoms with Gasteiger partial charge in [0.2, 0.25) is 0 Å². The van der Waals surface area contributed by atoms with Gasteiger partial charge in [-0.15, -0.1) is 0 Å². The van der Waals surface area contributed by atoms with Gasteiger partial charge in [-0.2, -0.15) is 0 Å². The summed E-state index contributed by atoms with van der Waals surface area (Å²) in [6.07, 6.45) is 28.3. The molecule has 0 radical (unpaired) electrons. The van der Waals surface area contributed by atoms with Gasteiger partial charge in [-0.1, -0.05) is 244 Å². The molecule has 0 N–H and O–H groups in total. The molecule has 2 aliphatic heterocycles. The summed E-state index contributed by atoms with van der Waals surface area (Å²) in [5.74, 6) is 4.99. The van der Waals surface area contributed by atoms with Gasteiger partial charge in [-0.25, -0.2) is 9.47 Å². The van der Waals surface area contributed by atoms with Crippen LogP contribution in [-0.4, -0.2) is 48.3 Å². The first-order valence-corrected chi connectivity index (χ1v) is 45.0. The predicted octanol–water partition coefficient (Wildman–Crippen LogP) is 23.8. The molecule has 18 rings (SSSR count). The maximum atomic E-state index is 16.0. The van der Waals surface area contributed by atoms with Crippen LogP contribution in [0.4, 0.5) is 5.69 Å². The van der Waals surface area contributed by atoms with E-state index in [1.165, 1.54) is 14.0 Å². The number of aromatic nitrogens is 3. The summed E-state index contributed by atoms with van der Waals surface area (Å²) in [7, 11) is 0. The normalized spacial score (nSPS) is 13.5. The highest BCUT2D eigenvalue weighted by Crippen LogP contribution is 2.52. The fourth-order valence-corrected chi connectivity index (χ4v) is 21.3. The monoisotopic (exact) mass is 1590 g/mol. The molecule has 0 unspecified atom stereocenters. The summed E-state index contributed by atoms with van der Waals surface area (Å²) in [6, 6.07) is 38.9. The van der Waals surface area contributed by atoms with Crippen molar-refractivity contribution >= 4 is 159 Å². The zero-order chi connectivity index (χ0) is 83.1. The number of carbonyl (C=O) groups is 4. The van der Waals surface area contributed by atoms with E-state index in [0.29, 0.717) is 140 Å². The molecule has 15 nitrogen and oxygen atoms in total. The molecule has 120 heavy (non-hydrogen) atoms. The van der Waals surface area contributed by atoms with Crippen LogP contribution < -0.4 is 38.3 Å². The highest BCUT2D eigenvalue weighted by molar-refractivity contribution is 6.49. The van der Waals surface area contributed by atoms with Crippen molar-refractivity contribution < 1.29 is 19.2 Å². The van der Waals surface area contributed by atoms with Crippen LogP contribution >= 0.6 is 0 Å². The van der Waals surface area contributed by atoms with Gasteiger partial charge < -0.3 is 0 Å². The van der Waals surface area contributed by atoms with Gasteiger partial charge in [0.15, 0.2) is 0 Å². The Morgan fingerprint density at radius 1 is 0.233 bits per heavy atom. The molecule has 0 saturated heterocycles.